The van der Waals surface area contributed by atoms with Gasteiger partial charge in [0.2, 0.25) is 6.33 Å². The summed E-state index contributed by atoms with van der Waals surface area (Å²) in [7, 11) is 0. The topological polar surface area (TPSA) is 109 Å². The standard InChI is InChI=1S/C12H17FN4O5/c1-4-5-6-8(13)9(18)12(21-11(2,3)22-12)16-7-14-10(15-16)17(19)20/h7-8H,4-6H2,1-3H3. The Bertz CT molecular complexity index is 580. The highest BCUT2D eigenvalue weighted by Crippen LogP contribution is 2.43. The number of hydrogen-bond acceptors (Lipinski definition) is 7. The molecule has 0 spiro atoms. The largest absolute Gasteiger partial charge is 0.491 e. The second kappa shape index (κ2) is 5.69. The van der Waals surface area contributed by atoms with Gasteiger partial charge in [0.15, 0.2) is 12.0 Å². The van der Waals surface area contributed by atoms with Gasteiger partial charge >= 0.3 is 11.9 Å². The van der Waals surface area contributed by atoms with Gasteiger partial charge < -0.3 is 10.1 Å². The molecule has 1 aliphatic heterocycles. The maximum absolute atomic E-state index is 14.1. The van der Waals surface area contributed by atoms with E-state index in [1.165, 1.54) is 13.8 Å². The molecule has 1 saturated heterocycles. The first kappa shape index (κ1) is 16.4. The summed E-state index contributed by atoms with van der Waals surface area (Å²) in [5, 5.41) is 14.2. The fourth-order valence-corrected chi connectivity index (χ4v) is 2.17. The lowest BCUT2D eigenvalue weighted by Crippen LogP contribution is -2.66. The molecule has 0 aromatic carbocycles. The molecule has 1 atom stereocenters. The molecule has 1 fully saturated rings. The lowest BCUT2D eigenvalue weighted by atomic mass is 10.1. The Kier molecular flexibility index (Phi) is 4.25. The van der Waals surface area contributed by atoms with Crippen LogP contribution in [-0.2, 0) is 20.2 Å². The number of Topliss-reactive ketones (excluding diaryl/α,β-unsaturated/α-hetero) is 1. The predicted molar refractivity (Wildman–Crippen MR) is 70.3 cm³/mol. The summed E-state index contributed by atoms with van der Waals surface area (Å²) in [6.45, 7) is 4.93. The second-order valence-corrected chi connectivity index (χ2v) is 5.41. The number of nitro groups is 1. The molecule has 9 nitrogen and oxygen atoms in total. The molecule has 2 rings (SSSR count). The van der Waals surface area contributed by atoms with Crippen molar-refractivity contribution in [3.63, 3.8) is 0 Å². The van der Waals surface area contributed by atoms with Crippen molar-refractivity contribution < 1.29 is 23.6 Å². The summed E-state index contributed by atoms with van der Waals surface area (Å²) >= 11 is 0. The summed E-state index contributed by atoms with van der Waals surface area (Å²) in [5.41, 5.74) is 0. The lowest BCUT2D eigenvalue weighted by Gasteiger charge is -2.49. The average Bonchev–Trinajstić information content (AvgIpc) is 2.90. The molecule has 0 amide bonds. The molecule has 1 aromatic rings. The normalized spacial score (nSPS) is 20.2. The molecule has 2 heterocycles. The third-order valence-electron chi connectivity index (χ3n) is 3.12. The molecule has 0 bridgehead atoms. The van der Waals surface area contributed by atoms with E-state index in [0.29, 0.717) is 6.42 Å². The number of rotatable bonds is 7. The summed E-state index contributed by atoms with van der Waals surface area (Å²) in [5.74, 6) is -4.98. The van der Waals surface area contributed by atoms with E-state index >= 15 is 0 Å². The van der Waals surface area contributed by atoms with Crippen molar-refractivity contribution in [3.8, 4) is 0 Å². The van der Waals surface area contributed by atoms with Crippen LogP contribution in [0.5, 0.6) is 0 Å². The maximum Gasteiger partial charge on any atom is 0.491 e. The first-order chi connectivity index (χ1) is 10.2. The van der Waals surface area contributed by atoms with E-state index in [1.807, 2.05) is 6.92 Å². The minimum Gasteiger partial charge on any atom is -0.390 e. The number of aromatic nitrogens is 3. The zero-order valence-electron chi connectivity index (χ0n) is 12.5. The number of halogens is 1. The first-order valence-electron chi connectivity index (χ1n) is 6.87. The highest BCUT2D eigenvalue weighted by molar-refractivity contribution is 5.88. The third-order valence-corrected chi connectivity index (χ3v) is 3.12. The number of hydrogen-bond donors (Lipinski definition) is 0. The molecule has 1 aromatic heterocycles. The van der Waals surface area contributed by atoms with Gasteiger partial charge in [-0.25, -0.2) is 4.39 Å². The molecular weight excluding hydrogens is 299 g/mol. The van der Waals surface area contributed by atoms with Crippen LogP contribution in [0.3, 0.4) is 0 Å². The van der Waals surface area contributed by atoms with Crippen molar-refractivity contribution in [2.24, 2.45) is 0 Å². The van der Waals surface area contributed by atoms with Crippen LogP contribution >= 0.6 is 0 Å². The lowest BCUT2D eigenvalue weighted by molar-refractivity contribution is -0.516. The second-order valence-electron chi connectivity index (χ2n) is 5.41. The van der Waals surface area contributed by atoms with Crippen LogP contribution in [0.4, 0.5) is 10.3 Å². The van der Waals surface area contributed by atoms with Gasteiger partial charge in [-0.3, -0.25) is 14.3 Å². The van der Waals surface area contributed by atoms with Gasteiger partial charge in [-0.2, -0.15) is 0 Å². The van der Waals surface area contributed by atoms with Gasteiger partial charge in [-0.05, 0) is 25.2 Å². The zero-order chi connectivity index (χ0) is 16.5. The highest BCUT2D eigenvalue weighted by Gasteiger charge is 2.63. The fourth-order valence-electron chi connectivity index (χ4n) is 2.17. The zero-order valence-corrected chi connectivity index (χ0v) is 12.5. The minimum atomic E-state index is -2.14. The molecule has 1 unspecified atom stereocenters. The SMILES string of the molecule is CCCCC(F)C(=O)C1(n2cnc([N+](=O)[O-])n2)OC(C)(C)O1. The van der Waals surface area contributed by atoms with E-state index in [1.54, 1.807) is 0 Å². The molecule has 1 aliphatic rings. The highest BCUT2D eigenvalue weighted by atomic mass is 19.1. The van der Waals surface area contributed by atoms with Crippen molar-refractivity contribution >= 4 is 11.7 Å². The molecule has 0 radical (unpaired) electrons. The third kappa shape index (κ3) is 2.83. The van der Waals surface area contributed by atoms with Crippen LogP contribution in [0.1, 0.15) is 40.0 Å². The molecule has 22 heavy (non-hydrogen) atoms. The Labute approximate surface area is 125 Å². The maximum atomic E-state index is 14.1. The average molecular weight is 316 g/mol. The summed E-state index contributed by atoms with van der Waals surface area (Å²) < 4.78 is 25.6. The van der Waals surface area contributed by atoms with Crippen molar-refractivity contribution in [1.29, 1.82) is 0 Å². The van der Waals surface area contributed by atoms with E-state index in [9.17, 15) is 19.3 Å². The number of carbonyl (C=O) groups is 1. The molecule has 10 heteroatoms. The van der Waals surface area contributed by atoms with E-state index < -0.39 is 34.5 Å². The van der Waals surface area contributed by atoms with Crippen LogP contribution in [0, 0.1) is 10.1 Å². The van der Waals surface area contributed by atoms with Gasteiger partial charge in [0.05, 0.1) is 0 Å². The Balaban J connectivity index is 2.28. The Morgan fingerprint density at radius 3 is 2.64 bits per heavy atom. The van der Waals surface area contributed by atoms with E-state index in [-0.39, 0.29) is 6.42 Å². The van der Waals surface area contributed by atoms with Gasteiger partial charge in [0, 0.05) is 5.10 Å². The smallest absolute Gasteiger partial charge is 0.390 e. The molecule has 122 valence electrons. The Hall–Kier alpha value is -1.94. The summed E-state index contributed by atoms with van der Waals surface area (Å²) in [6, 6.07) is 0. The van der Waals surface area contributed by atoms with E-state index in [4.69, 9.17) is 9.47 Å². The summed E-state index contributed by atoms with van der Waals surface area (Å²) in [4.78, 5) is 25.6. The molecular formula is C12H17FN4O5. The van der Waals surface area contributed by atoms with Crippen LogP contribution in [0.25, 0.3) is 0 Å². The number of ether oxygens (including phenoxy) is 2. The predicted octanol–water partition coefficient (Wildman–Crippen LogP) is 1.68. The van der Waals surface area contributed by atoms with Crippen LogP contribution < -0.4 is 0 Å². The number of nitrogens with zero attached hydrogens (tertiary/aromatic N) is 4. The quantitative estimate of drug-likeness (QED) is 0.556. The number of ketones is 1. The molecule has 0 aliphatic carbocycles. The monoisotopic (exact) mass is 316 g/mol. The van der Waals surface area contributed by atoms with Crippen LogP contribution in [0.2, 0.25) is 0 Å². The van der Waals surface area contributed by atoms with Crippen molar-refractivity contribution in [3.05, 3.63) is 16.4 Å². The minimum absolute atomic E-state index is 0.0149. The van der Waals surface area contributed by atoms with Crippen molar-refractivity contribution in [2.45, 2.75) is 57.9 Å². The van der Waals surface area contributed by atoms with Gasteiger partial charge in [-0.1, -0.05) is 24.7 Å². The number of carbonyl (C=O) groups excluding carboxylic acids is 1. The fraction of sp³-hybridized carbons (Fsp3) is 0.750. The van der Waals surface area contributed by atoms with Crippen LogP contribution in [0.15, 0.2) is 6.33 Å². The molecule has 0 saturated carbocycles. The molecule has 0 N–H and O–H groups in total. The van der Waals surface area contributed by atoms with Crippen molar-refractivity contribution in [2.75, 3.05) is 0 Å². The number of alkyl halides is 1. The number of unbranched alkanes of at least 4 members (excludes halogenated alkanes) is 1. The van der Waals surface area contributed by atoms with E-state index in [0.717, 1.165) is 17.4 Å². The Morgan fingerprint density at radius 2 is 2.18 bits per heavy atom. The Morgan fingerprint density at radius 1 is 1.55 bits per heavy atom. The van der Waals surface area contributed by atoms with E-state index in [2.05, 4.69) is 10.1 Å². The first-order valence-corrected chi connectivity index (χ1v) is 6.87. The van der Waals surface area contributed by atoms with Gasteiger partial charge in [-0.15, -0.1) is 4.68 Å². The van der Waals surface area contributed by atoms with Crippen LogP contribution in [-0.4, -0.2) is 37.4 Å². The van der Waals surface area contributed by atoms with Crippen molar-refractivity contribution in [1.82, 2.24) is 14.8 Å². The summed E-state index contributed by atoms with van der Waals surface area (Å²) in [6.07, 6.45) is 0.352. The van der Waals surface area contributed by atoms with Gasteiger partial charge in [0.1, 0.15) is 0 Å². The van der Waals surface area contributed by atoms with Gasteiger partial charge in [0.25, 0.3) is 5.78 Å².